The van der Waals surface area contributed by atoms with Crippen LogP contribution in [-0.4, -0.2) is 408 Å². The van der Waals surface area contributed by atoms with Crippen LogP contribution in [0.25, 0.3) is 0 Å². The normalized spacial score (nSPS) is 27.2. The van der Waals surface area contributed by atoms with E-state index in [-0.39, 0.29) is 226 Å². The Kier molecular flexibility index (Phi) is 51.2. The lowest BCUT2D eigenvalue weighted by molar-refractivity contribution is -0.302. The molecule has 17 atom stereocenters. The molecule has 0 spiro atoms. The van der Waals surface area contributed by atoms with Crippen LogP contribution in [0.4, 0.5) is 0 Å². The number of carbonyl (C=O) groups is 5. The Balaban J connectivity index is 1.25. The van der Waals surface area contributed by atoms with E-state index in [0.29, 0.717) is 32.4 Å². The molecular weight excluding hydrogens is 1440 g/mol. The molecule has 4 rings (SSSR count). The van der Waals surface area contributed by atoms with E-state index in [1.54, 1.807) is 4.90 Å². The van der Waals surface area contributed by atoms with Crippen molar-refractivity contribution in [1.82, 2.24) is 26.2 Å². The van der Waals surface area contributed by atoms with Gasteiger partial charge in [-0.2, -0.15) is 0 Å². The number of hydrogen-bond acceptors (Lipinski definition) is 34. The van der Waals surface area contributed by atoms with E-state index in [1.807, 2.05) is 13.8 Å². The van der Waals surface area contributed by atoms with E-state index >= 15 is 0 Å². The van der Waals surface area contributed by atoms with Gasteiger partial charge in [-0.1, -0.05) is 38.5 Å². The highest BCUT2D eigenvalue weighted by atomic mass is 16.7. The van der Waals surface area contributed by atoms with E-state index in [0.717, 1.165) is 44.9 Å². The van der Waals surface area contributed by atoms with Gasteiger partial charge >= 0.3 is 0 Å². The standard InChI is InChI=1S/C69H127N5O34/c1-46(2)105-42-47-37-48(78)38-74(47)56(83)12-10-8-6-4-3-5-7-9-11-55(82)73-69(43-99-19-13-52(79)70-16-22-93-25-28-96-31-34-102-66-63(90)60(87)57(84)49(39-75)106-66,44-100-20-14-53(80)71-17-23-94-26-29-97-32-35-103-67-64(91)61(88)58(85)50(40-76)107-67)45-101-21-15-54(81)72-18-24-95-27-30-98-33-36-104-68-65(92)62(89)59(86)51(41-77)108-68/h46-51,57-68,75-78,84-92H,3-45H2,1-2H3,(H,70,79)(H,71,80)(H,72,81)(H,73,82)/t47?,48-,49?,50?,51?,57-,58-,59-,60?,61?,62?,63?,64?,65?,66+,67+,68+,69?/m1/s1. The average molecular weight is 1570 g/mol. The van der Waals surface area contributed by atoms with E-state index in [2.05, 4.69) is 21.3 Å². The van der Waals surface area contributed by atoms with E-state index in [4.69, 9.17) is 75.8 Å². The molecule has 0 aromatic heterocycles. The minimum absolute atomic E-state index is 0.0238. The van der Waals surface area contributed by atoms with Crippen molar-refractivity contribution in [2.75, 3.05) is 191 Å². The zero-order valence-electron chi connectivity index (χ0n) is 62.6. The summed E-state index contributed by atoms with van der Waals surface area (Å²) in [6, 6.07) is -0.129. The minimum Gasteiger partial charge on any atom is -0.394 e. The number of ether oxygens (including phenoxy) is 16. The van der Waals surface area contributed by atoms with Crippen LogP contribution < -0.4 is 21.3 Å². The van der Waals surface area contributed by atoms with Crippen LogP contribution >= 0.6 is 0 Å². The highest BCUT2D eigenvalue weighted by Gasteiger charge is 2.47. The van der Waals surface area contributed by atoms with Crippen molar-refractivity contribution in [3.63, 3.8) is 0 Å². The summed E-state index contributed by atoms with van der Waals surface area (Å²) in [6.07, 6.45) is -14.3. The maximum atomic E-state index is 13.9. The zero-order valence-corrected chi connectivity index (χ0v) is 62.6. The minimum atomic E-state index is -1.58. The van der Waals surface area contributed by atoms with Crippen LogP contribution in [-0.2, 0) is 99.8 Å². The summed E-state index contributed by atoms with van der Waals surface area (Å²) in [5.41, 5.74) is -1.40. The lowest BCUT2D eigenvalue weighted by Crippen LogP contribution is -2.59. The quantitative estimate of drug-likeness (QED) is 0.0252. The topological polar surface area (TPSA) is 547 Å². The predicted octanol–water partition coefficient (Wildman–Crippen LogP) is -6.75. The number of likely N-dealkylation sites (tertiary alicyclic amines) is 1. The Morgan fingerprint density at radius 3 is 1.06 bits per heavy atom. The molecule has 39 heteroatoms. The number of nitrogens with one attached hydrogen (secondary N) is 4. The SMILES string of the molecule is CC(C)OCC1C[C@@H](O)CN1C(=O)CCCCCCCCCCC(=O)NC(COCCC(=O)NCCOCCOCCO[C@H]1OC(CO)[C@@H](O)C(O)C1O)(COCCC(=O)NCCOCCOCCO[C@H]1OC(CO)[C@@H](O)C(O)C1O)COCCC(=O)NCCOCCOCCO[C@H]1OC(CO)[C@@H](O)C(O)C1O. The molecule has 0 aliphatic carbocycles. The molecule has 10 unspecified atom stereocenters. The molecule has 108 heavy (non-hydrogen) atoms. The van der Waals surface area contributed by atoms with E-state index in [9.17, 15) is 90.4 Å². The first-order valence-corrected chi connectivity index (χ1v) is 37.7. The second kappa shape index (κ2) is 57.3. The number of β-amino-alcohol motifs (C(OH)–C–C–N with tert-alkyl or cyclic N) is 1. The van der Waals surface area contributed by atoms with Crippen LogP contribution in [0.15, 0.2) is 0 Å². The smallest absolute Gasteiger partial charge is 0.222 e. The van der Waals surface area contributed by atoms with Gasteiger partial charge in [0.15, 0.2) is 18.9 Å². The van der Waals surface area contributed by atoms with Crippen LogP contribution in [0.3, 0.4) is 0 Å². The molecule has 4 fully saturated rings. The largest absolute Gasteiger partial charge is 0.394 e. The first kappa shape index (κ1) is 96.6. The summed E-state index contributed by atoms with van der Waals surface area (Å²) in [7, 11) is 0. The summed E-state index contributed by atoms with van der Waals surface area (Å²) < 4.78 is 89.2. The molecule has 4 heterocycles. The van der Waals surface area contributed by atoms with Crippen LogP contribution in [0.5, 0.6) is 0 Å². The maximum Gasteiger partial charge on any atom is 0.222 e. The van der Waals surface area contributed by atoms with Crippen molar-refractivity contribution in [2.45, 2.75) is 220 Å². The molecule has 0 aromatic carbocycles. The van der Waals surface area contributed by atoms with E-state index in [1.165, 1.54) is 0 Å². The lowest BCUT2D eigenvalue weighted by Gasteiger charge is -2.39. The van der Waals surface area contributed by atoms with Gasteiger partial charge in [-0.05, 0) is 33.1 Å². The van der Waals surface area contributed by atoms with Crippen molar-refractivity contribution in [1.29, 1.82) is 0 Å². The van der Waals surface area contributed by atoms with Gasteiger partial charge in [0.2, 0.25) is 29.5 Å². The second-order valence-corrected chi connectivity index (χ2v) is 27.0. The monoisotopic (exact) mass is 1570 g/mol. The molecule has 0 bridgehead atoms. The first-order valence-electron chi connectivity index (χ1n) is 37.7. The lowest BCUT2D eigenvalue weighted by atomic mass is 9.99. The highest BCUT2D eigenvalue weighted by molar-refractivity contribution is 5.78. The van der Waals surface area contributed by atoms with Crippen molar-refractivity contribution >= 4 is 29.5 Å². The molecule has 0 saturated carbocycles. The number of aliphatic hydroxyl groups excluding tert-OH is 13. The third kappa shape index (κ3) is 38.8. The number of unbranched alkanes of at least 4 members (excludes halogenated alkanes) is 7. The summed E-state index contributed by atoms with van der Waals surface area (Å²) in [6.45, 7) is 3.62. The average Bonchev–Trinajstić information content (AvgIpc) is 1.04. The third-order valence-electron chi connectivity index (χ3n) is 17.7. The molecule has 17 N–H and O–H groups in total. The summed E-state index contributed by atoms with van der Waals surface area (Å²) in [5.74, 6) is -1.44. The molecule has 4 aliphatic rings. The number of carbonyl (C=O) groups excluding carboxylic acids is 5. The number of hydrogen-bond donors (Lipinski definition) is 17. The van der Waals surface area contributed by atoms with Gasteiger partial charge in [-0.15, -0.1) is 0 Å². The number of amides is 5. The fourth-order valence-electron chi connectivity index (χ4n) is 11.6. The zero-order chi connectivity index (χ0) is 78.9. The second-order valence-electron chi connectivity index (χ2n) is 27.0. The molecule has 0 radical (unpaired) electrons. The fraction of sp³-hybridized carbons (Fsp3) is 0.928. The van der Waals surface area contributed by atoms with Crippen molar-refractivity contribution in [2.24, 2.45) is 0 Å². The Bertz CT molecular complexity index is 2180. The first-order chi connectivity index (χ1) is 52.0. The number of aliphatic hydroxyl groups is 13. The molecule has 0 aromatic rings. The summed E-state index contributed by atoms with van der Waals surface area (Å²) >= 11 is 0. The maximum absolute atomic E-state index is 13.9. The Morgan fingerprint density at radius 2 is 0.713 bits per heavy atom. The van der Waals surface area contributed by atoms with Gasteiger partial charge in [0.25, 0.3) is 0 Å². The Morgan fingerprint density at radius 1 is 0.389 bits per heavy atom. The van der Waals surface area contributed by atoms with Gasteiger partial charge in [0.05, 0.1) is 183 Å². The van der Waals surface area contributed by atoms with Crippen LogP contribution in [0, 0.1) is 0 Å². The van der Waals surface area contributed by atoms with Crippen LogP contribution in [0.2, 0.25) is 0 Å². The van der Waals surface area contributed by atoms with Crippen molar-refractivity contribution < 1.29 is 166 Å². The number of nitrogens with zero attached hydrogens (tertiary/aromatic N) is 1. The molecular formula is C69H127N5O34. The van der Waals surface area contributed by atoms with E-state index < -0.39 is 124 Å². The number of rotatable bonds is 63. The van der Waals surface area contributed by atoms with Gasteiger partial charge < -0.3 is 168 Å². The van der Waals surface area contributed by atoms with Gasteiger partial charge in [0, 0.05) is 58.3 Å². The molecule has 632 valence electrons. The third-order valence-corrected chi connectivity index (χ3v) is 17.7. The predicted molar refractivity (Wildman–Crippen MR) is 374 cm³/mol. The fourth-order valence-corrected chi connectivity index (χ4v) is 11.6. The molecule has 39 nitrogen and oxygen atoms in total. The molecule has 4 saturated heterocycles. The van der Waals surface area contributed by atoms with Crippen molar-refractivity contribution in [3.8, 4) is 0 Å². The van der Waals surface area contributed by atoms with Gasteiger partial charge in [-0.25, -0.2) is 0 Å². The summed E-state index contributed by atoms with van der Waals surface area (Å²) in [4.78, 5) is 67.6. The van der Waals surface area contributed by atoms with Gasteiger partial charge in [-0.3, -0.25) is 24.0 Å². The van der Waals surface area contributed by atoms with Crippen LogP contribution in [0.1, 0.15) is 104 Å². The molecule has 4 aliphatic heterocycles. The molecule has 5 amide bonds. The Hall–Kier alpha value is -3.81. The highest BCUT2D eigenvalue weighted by Crippen LogP contribution is 2.26. The van der Waals surface area contributed by atoms with Gasteiger partial charge in [0.1, 0.15) is 78.8 Å². The van der Waals surface area contributed by atoms with Crippen molar-refractivity contribution in [3.05, 3.63) is 0 Å². The summed E-state index contributed by atoms with van der Waals surface area (Å²) in [5, 5.41) is 140. The Labute approximate surface area is 630 Å².